The maximum absolute atomic E-state index is 11.3. The fourth-order valence-electron chi connectivity index (χ4n) is 5.63. The van der Waals surface area contributed by atoms with Crippen LogP contribution in [0.15, 0.2) is 60.9 Å². The van der Waals surface area contributed by atoms with Crippen LogP contribution in [0.5, 0.6) is 0 Å². The number of nitrogens with zero attached hydrogens (tertiary/aromatic N) is 3. The Hall–Kier alpha value is -2.64. The van der Waals surface area contributed by atoms with Crippen molar-refractivity contribution in [1.29, 1.82) is 0 Å². The Kier molecular flexibility index (Phi) is 9.40. The molecule has 0 spiro atoms. The van der Waals surface area contributed by atoms with Crippen LogP contribution in [0, 0.1) is 5.92 Å². The molecule has 2 aliphatic heterocycles. The van der Waals surface area contributed by atoms with Gasteiger partial charge in [-0.2, -0.15) is 0 Å². The first-order valence-electron chi connectivity index (χ1n) is 13.9. The molecule has 0 aliphatic carbocycles. The highest BCUT2D eigenvalue weighted by Gasteiger charge is 2.20. The third kappa shape index (κ3) is 7.95. The zero-order chi connectivity index (χ0) is 27.2. The highest BCUT2D eigenvalue weighted by atomic mass is 35.5. The molecule has 1 amide bonds. The van der Waals surface area contributed by atoms with E-state index in [1.54, 1.807) is 13.0 Å². The standard InChI is InChI=1S/C31H37Cl2N5O/c1-23(39)35-20-24-2-8-36(9-3-24)21-25-14-26(16-27(15-25)28-17-29(32)19-30(33)18-28)22-37-10-4-31(5-11-37)38-12-6-34-7-13-38/h4-5,10-11,14-19,24,34H,2-3,6-9,12-13,20-22H2,1H3/p+1. The van der Waals surface area contributed by atoms with Crippen LogP contribution in [-0.4, -0.2) is 56.6 Å². The lowest BCUT2D eigenvalue weighted by atomic mass is 9.95. The smallest absolute Gasteiger partial charge is 0.216 e. The molecule has 5 rings (SSSR count). The predicted octanol–water partition coefficient (Wildman–Crippen LogP) is 4.75. The minimum absolute atomic E-state index is 0.0548. The Morgan fingerprint density at radius 1 is 0.923 bits per heavy atom. The second-order valence-corrected chi connectivity index (χ2v) is 11.7. The number of nitrogens with one attached hydrogen (secondary N) is 2. The zero-order valence-electron chi connectivity index (χ0n) is 22.6. The first kappa shape index (κ1) is 27.9. The molecule has 0 atom stereocenters. The van der Waals surface area contributed by atoms with E-state index in [-0.39, 0.29) is 5.91 Å². The normalized spacial score (nSPS) is 16.8. The monoisotopic (exact) mass is 566 g/mol. The van der Waals surface area contributed by atoms with Gasteiger partial charge in [0.2, 0.25) is 5.91 Å². The number of likely N-dealkylation sites (tertiary alicyclic amines) is 1. The van der Waals surface area contributed by atoms with Crippen LogP contribution in [0.25, 0.3) is 11.1 Å². The number of rotatable bonds is 8. The van der Waals surface area contributed by atoms with Gasteiger partial charge < -0.3 is 15.5 Å². The Bertz CT molecular complexity index is 1250. The van der Waals surface area contributed by atoms with Crippen LogP contribution >= 0.6 is 23.2 Å². The summed E-state index contributed by atoms with van der Waals surface area (Å²) < 4.78 is 2.24. The number of benzene rings is 2. The average molecular weight is 568 g/mol. The maximum Gasteiger partial charge on any atom is 0.216 e. The van der Waals surface area contributed by atoms with Crippen molar-refractivity contribution in [2.45, 2.75) is 32.9 Å². The molecular formula is C31H38Cl2N5O+. The van der Waals surface area contributed by atoms with Crippen molar-refractivity contribution < 1.29 is 9.36 Å². The van der Waals surface area contributed by atoms with Gasteiger partial charge in [0.05, 0.1) is 0 Å². The lowest BCUT2D eigenvalue weighted by Crippen LogP contribution is -2.44. The first-order chi connectivity index (χ1) is 18.9. The second kappa shape index (κ2) is 13.1. The molecule has 2 fully saturated rings. The maximum atomic E-state index is 11.3. The first-order valence-corrected chi connectivity index (χ1v) is 14.7. The number of halogens is 2. The molecule has 2 N–H and O–H groups in total. The van der Waals surface area contributed by atoms with Gasteiger partial charge in [0.25, 0.3) is 0 Å². The summed E-state index contributed by atoms with van der Waals surface area (Å²) in [5.74, 6) is 0.611. The second-order valence-electron chi connectivity index (χ2n) is 10.8. The van der Waals surface area contributed by atoms with E-state index in [1.807, 2.05) is 12.1 Å². The molecule has 0 radical (unpaired) electrons. The van der Waals surface area contributed by atoms with Crippen LogP contribution in [0.3, 0.4) is 0 Å². The number of anilines is 1. The van der Waals surface area contributed by atoms with Gasteiger partial charge >= 0.3 is 0 Å². The molecule has 39 heavy (non-hydrogen) atoms. The summed E-state index contributed by atoms with van der Waals surface area (Å²) in [6.07, 6.45) is 6.57. The predicted molar refractivity (Wildman–Crippen MR) is 159 cm³/mol. The van der Waals surface area contributed by atoms with Crippen molar-refractivity contribution >= 4 is 34.8 Å². The van der Waals surface area contributed by atoms with Crippen LogP contribution in [-0.2, 0) is 17.9 Å². The SMILES string of the molecule is CC(=O)NCC1CCN(Cc2cc(C[n+]3ccc(N4CCNCC4)cc3)cc(-c3cc(Cl)cc(Cl)c3)c2)CC1. The van der Waals surface area contributed by atoms with Crippen molar-refractivity contribution in [2.24, 2.45) is 5.92 Å². The molecule has 6 nitrogen and oxygen atoms in total. The highest BCUT2D eigenvalue weighted by molar-refractivity contribution is 6.35. The average Bonchev–Trinajstić information content (AvgIpc) is 2.93. The van der Waals surface area contributed by atoms with Gasteiger partial charge in [-0.3, -0.25) is 9.69 Å². The van der Waals surface area contributed by atoms with E-state index in [0.717, 1.165) is 82.9 Å². The molecule has 1 aromatic heterocycles. The Balaban J connectivity index is 1.33. The molecule has 0 unspecified atom stereocenters. The molecule has 2 aromatic carbocycles. The number of carbonyl (C=O) groups excluding carboxylic acids is 1. The summed E-state index contributed by atoms with van der Waals surface area (Å²) in [6, 6.07) is 17.0. The number of piperidine rings is 1. The van der Waals surface area contributed by atoms with Gasteiger partial charge in [-0.05, 0) is 84.9 Å². The number of pyridine rings is 1. The quantitative estimate of drug-likeness (QED) is 0.386. The van der Waals surface area contributed by atoms with E-state index < -0.39 is 0 Å². The third-order valence-electron chi connectivity index (χ3n) is 7.72. The zero-order valence-corrected chi connectivity index (χ0v) is 24.1. The summed E-state index contributed by atoms with van der Waals surface area (Å²) in [5, 5.41) is 7.68. The van der Waals surface area contributed by atoms with Gasteiger partial charge in [-0.25, -0.2) is 4.57 Å². The van der Waals surface area contributed by atoms with E-state index in [0.29, 0.717) is 16.0 Å². The molecule has 0 bridgehead atoms. The molecule has 2 saturated heterocycles. The lowest BCUT2D eigenvalue weighted by Gasteiger charge is -2.32. The van der Waals surface area contributed by atoms with Crippen molar-refractivity contribution in [3.8, 4) is 11.1 Å². The molecule has 206 valence electrons. The van der Waals surface area contributed by atoms with E-state index in [9.17, 15) is 4.79 Å². The Labute approximate surface area is 241 Å². The third-order valence-corrected chi connectivity index (χ3v) is 8.16. The lowest BCUT2D eigenvalue weighted by molar-refractivity contribution is -0.688. The van der Waals surface area contributed by atoms with Gasteiger partial charge in [-0.15, -0.1) is 0 Å². The van der Waals surface area contributed by atoms with Gasteiger partial charge in [0, 0.05) is 79.6 Å². The minimum Gasteiger partial charge on any atom is -0.369 e. The fraction of sp³-hybridized carbons (Fsp3) is 0.419. The van der Waals surface area contributed by atoms with Gasteiger partial charge in [0.1, 0.15) is 0 Å². The van der Waals surface area contributed by atoms with Crippen LogP contribution in [0.1, 0.15) is 30.9 Å². The van der Waals surface area contributed by atoms with Crippen molar-refractivity contribution in [2.75, 3.05) is 50.7 Å². The highest BCUT2D eigenvalue weighted by Crippen LogP contribution is 2.30. The molecule has 3 aromatic rings. The Morgan fingerprint density at radius 3 is 2.23 bits per heavy atom. The summed E-state index contributed by atoms with van der Waals surface area (Å²) in [7, 11) is 0. The molecular weight excluding hydrogens is 529 g/mol. The Morgan fingerprint density at radius 2 is 1.56 bits per heavy atom. The summed E-state index contributed by atoms with van der Waals surface area (Å²) in [4.78, 5) is 16.2. The molecule has 8 heteroatoms. The van der Waals surface area contributed by atoms with Crippen molar-refractivity contribution in [1.82, 2.24) is 15.5 Å². The van der Waals surface area contributed by atoms with Crippen molar-refractivity contribution in [3.63, 3.8) is 0 Å². The number of hydrogen-bond donors (Lipinski definition) is 2. The van der Waals surface area contributed by atoms with E-state index in [4.69, 9.17) is 23.2 Å². The number of aromatic nitrogens is 1. The molecule has 3 heterocycles. The summed E-state index contributed by atoms with van der Waals surface area (Å²) in [5.41, 5.74) is 5.97. The van der Waals surface area contributed by atoms with E-state index >= 15 is 0 Å². The summed E-state index contributed by atoms with van der Waals surface area (Å²) >= 11 is 12.7. The molecule has 2 aliphatic rings. The number of piperazine rings is 1. The summed E-state index contributed by atoms with van der Waals surface area (Å²) in [6.45, 7) is 10.3. The van der Waals surface area contributed by atoms with Crippen molar-refractivity contribution in [3.05, 3.63) is 82.1 Å². The largest absolute Gasteiger partial charge is 0.369 e. The minimum atomic E-state index is 0.0548. The van der Waals surface area contributed by atoms with E-state index in [1.165, 1.54) is 16.8 Å². The number of hydrogen-bond acceptors (Lipinski definition) is 4. The number of carbonyl (C=O) groups is 1. The van der Waals surface area contributed by atoms with Gasteiger partial charge in [0.15, 0.2) is 18.9 Å². The van der Waals surface area contributed by atoms with Crippen LogP contribution in [0.2, 0.25) is 10.0 Å². The fourth-order valence-corrected chi connectivity index (χ4v) is 6.15. The van der Waals surface area contributed by atoms with Gasteiger partial charge in [-0.1, -0.05) is 23.2 Å². The molecule has 0 saturated carbocycles. The van der Waals surface area contributed by atoms with E-state index in [2.05, 4.69) is 67.7 Å². The number of amides is 1. The van der Waals surface area contributed by atoms with Crippen LogP contribution < -0.4 is 20.1 Å². The topological polar surface area (TPSA) is 51.5 Å². The van der Waals surface area contributed by atoms with Crippen LogP contribution in [0.4, 0.5) is 5.69 Å².